The van der Waals surface area contributed by atoms with Gasteiger partial charge in [-0.15, -0.1) is 0 Å². The van der Waals surface area contributed by atoms with Gasteiger partial charge >= 0.3 is 6.18 Å². The first-order chi connectivity index (χ1) is 20.1. The summed E-state index contributed by atoms with van der Waals surface area (Å²) in [4.78, 5) is 0.863. The molecule has 5 rings (SSSR count). The number of fused-ring (bicyclic) bond motifs is 1. The summed E-state index contributed by atoms with van der Waals surface area (Å²) in [7, 11) is -1.49. The van der Waals surface area contributed by atoms with E-state index in [0.29, 0.717) is 46.7 Å². The predicted octanol–water partition coefficient (Wildman–Crippen LogP) is 5.77. The molecule has 14 heteroatoms. The lowest BCUT2D eigenvalue weighted by Crippen LogP contribution is -2.32. The van der Waals surface area contributed by atoms with Gasteiger partial charge in [0.2, 0.25) is 0 Å². The zero-order valence-corrected chi connectivity index (χ0v) is 24.1. The van der Waals surface area contributed by atoms with E-state index in [1.165, 1.54) is 18.2 Å². The first-order valence-corrected chi connectivity index (χ1v) is 15.6. The number of aromatic nitrogens is 2. The molecule has 3 heterocycles. The first kappa shape index (κ1) is 29.5. The van der Waals surface area contributed by atoms with Gasteiger partial charge < -0.3 is 29.2 Å². The minimum Gasteiger partial charge on any atom is -0.495 e. The lowest BCUT2D eigenvalue weighted by Gasteiger charge is -2.24. The lowest BCUT2D eigenvalue weighted by atomic mass is 10.1. The molecule has 1 saturated heterocycles. The van der Waals surface area contributed by atoms with Crippen LogP contribution in [-0.4, -0.2) is 55.5 Å². The molecule has 42 heavy (non-hydrogen) atoms. The van der Waals surface area contributed by atoms with E-state index in [9.17, 15) is 21.6 Å². The molecule has 0 amide bonds. The number of alkyl halides is 3. The second-order valence-electron chi connectivity index (χ2n) is 9.65. The SMILES string of the molecule is COc1cc(SNc2ccon2)ccc1NCC#Cc1cc2c(NC3CCS(=O)(=O)CC3)cccc2n1CC(F)(F)F. The maximum atomic E-state index is 13.6. The van der Waals surface area contributed by atoms with Crippen molar-refractivity contribution in [1.29, 1.82) is 0 Å². The molecule has 2 aromatic heterocycles. The molecule has 0 aliphatic carbocycles. The van der Waals surface area contributed by atoms with Gasteiger partial charge in [0, 0.05) is 28.1 Å². The molecule has 3 N–H and O–H groups in total. The van der Waals surface area contributed by atoms with Crippen molar-refractivity contribution in [2.75, 3.05) is 40.5 Å². The summed E-state index contributed by atoms with van der Waals surface area (Å²) < 4.78 is 78.7. The van der Waals surface area contributed by atoms with Crippen LogP contribution in [0.3, 0.4) is 0 Å². The minimum atomic E-state index is -4.45. The number of halogens is 3. The fourth-order valence-electron chi connectivity index (χ4n) is 4.65. The van der Waals surface area contributed by atoms with Gasteiger partial charge in [-0.3, -0.25) is 0 Å². The molecule has 1 fully saturated rings. The molecule has 0 unspecified atom stereocenters. The van der Waals surface area contributed by atoms with E-state index >= 15 is 0 Å². The van der Waals surface area contributed by atoms with Gasteiger partial charge in [0.15, 0.2) is 5.82 Å². The van der Waals surface area contributed by atoms with Crippen LogP contribution in [0, 0.1) is 11.8 Å². The molecule has 4 aromatic rings. The van der Waals surface area contributed by atoms with E-state index in [-0.39, 0.29) is 29.8 Å². The number of hydrogen-bond acceptors (Lipinski definition) is 9. The maximum absolute atomic E-state index is 13.6. The Kier molecular flexibility index (Phi) is 8.79. The zero-order chi connectivity index (χ0) is 29.7. The molecule has 0 atom stereocenters. The number of rotatable bonds is 9. The highest BCUT2D eigenvalue weighted by molar-refractivity contribution is 8.00. The Hall–Kier alpha value is -3.96. The number of anilines is 3. The van der Waals surface area contributed by atoms with Crippen molar-refractivity contribution in [2.45, 2.75) is 36.5 Å². The molecule has 2 aromatic carbocycles. The van der Waals surface area contributed by atoms with Gasteiger partial charge in [-0.25, -0.2) is 8.42 Å². The normalized spacial score (nSPS) is 15.1. The summed E-state index contributed by atoms with van der Waals surface area (Å²) in [5.41, 5.74) is 1.95. The van der Waals surface area contributed by atoms with E-state index in [0.717, 1.165) is 9.46 Å². The van der Waals surface area contributed by atoms with E-state index in [1.54, 1.807) is 37.4 Å². The topological polar surface area (TPSA) is 110 Å². The van der Waals surface area contributed by atoms with Crippen LogP contribution in [0.25, 0.3) is 10.9 Å². The Bertz CT molecular complexity index is 1700. The smallest absolute Gasteiger partial charge is 0.406 e. The summed E-state index contributed by atoms with van der Waals surface area (Å²) in [6.07, 6.45) is -2.09. The van der Waals surface area contributed by atoms with Gasteiger partial charge in [0.05, 0.1) is 42.1 Å². The summed E-state index contributed by atoms with van der Waals surface area (Å²) >= 11 is 1.33. The third kappa shape index (κ3) is 7.46. The number of nitrogens with zero attached hydrogens (tertiary/aromatic N) is 2. The van der Waals surface area contributed by atoms with Gasteiger partial charge in [0.1, 0.15) is 28.4 Å². The van der Waals surface area contributed by atoms with Gasteiger partial charge in [-0.2, -0.15) is 13.2 Å². The highest BCUT2D eigenvalue weighted by Crippen LogP contribution is 2.32. The highest BCUT2D eigenvalue weighted by Gasteiger charge is 2.30. The third-order valence-electron chi connectivity index (χ3n) is 6.67. The molecule has 222 valence electrons. The first-order valence-electron chi connectivity index (χ1n) is 13.0. The Morgan fingerprint density at radius 3 is 2.67 bits per heavy atom. The average Bonchev–Trinajstić information content (AvgIpc) is 3.59. The molecule has 0 spiro atoms. The zero-order valence-electron chi connectivity index (χ0n) is 22.5. The Morgan fingerprint density at radius 2 is 1.95 bits per heavy atom. The molecular formula is C28H28F3N5O4S2. The Labute approximate surface area is 245 Å². The molecule has 1 aliphatic rings. The molecular weight excluding hydrogens is 591 g/mol. The second kappa shape index (κ2) is 12.5. The molecule has 0 bridgehead atoms. The van der Waals surface area contributed by atoms with Crippen LogP contribution in [-0.2, 0) is 16.4 Å². The van der Waals surface area contributed by atoms with E-state index < -0.39 is 22.6 Å². The Morgan fingerprint density at radius 1 is 1.14 bits per heavy atom. The van der Waals surface area contributed by atoms with Crippen LogP contribution in [0.5, 0.6) is 5.75 Å². The fraction of sp³-hybridized carbons (Fsp3) is 0.321. The van der Waals surface area contributed by atoms with Gasteiger partial charge in [-0.1, -0.05) is 17.1 Å². The largest absolute Gasteiger partial charge is 0.495 e. The minimum absolute atomic E-state index is 0.0818. The van der Waals surface area contributed by atoms with Crippen LogP contribution < -0.4 is 20.1 Å². The second-order valence-corrected chi connectivity index (χ2v) is 12.8. The lowest BCUT2D eigenvalue weighted by molar-refractivity contribution is -0.140. The standard InChI is InChI=1S/C28H28F3N5O4S2/c1-39-26-17-21(41-35-27-9-13-40-34-27)7-8-24(26)32-12-3-4-20-16-22-23(33-19-10-14-42(37,38)15-11-19)5-2-6-25(22)36(20)18-28(29,30)31/h2,5-9,13,16-17,19,32-33H,10-12,14-15,18H2,1H3,(H,34,35). The van der Waals surface area contributed by atoms with Gasteiger partial charge in [-0.05, 0) is 67.1 Å². The van der Waals surface area contributed by atoms with Crippen LogP contribution in [0.4, 0.5) is 30.4 Å². The van der Waals surface area contributed by atoms with Crippen LogP contribution >= 0.6 is 11.9 Å². The van der Waals surface area contributed by atoms with Crippen LogP contribution in [0.15, 0.2) is 64.2 Å². The van der Waals surface area contributed by atoms with Crippen molar-refractivity contribution < 1.29 is 30.8 Å². The summed E-state index contributed by atoms with van der Waals surface area (Å²) in [6.45, 7) is -1.02. The predicted molar refractivity (Wildman–Crippen MR) is 158 cm³/mol. The van der Waals surface area contributed by atoms with Crippen molar-refractivity contribution in [3.05, 3.63) is 60.5 Å². The highest BCUT2D eigenvalue weighted by atomic mass is 32.2. The maximum Gasteiger partial charge on any atom is 0.406 e. The van der Waals surface area contributed by atoms with Crippen LogP contribution in [0.2, 0.25) is 0 Å². The van der Waals surface area contributed by atoms with Crippen molar-refractivity contribution in [2.24, 2.45) is 0 Å². The van der Waals surface area contributed by atoms with E-state index in [4.69, 9.17) is 9.26 Å². The molecule has 1 aliphatic heterocycles. The van der Waals surface area contributed by atoms with Crippen molar-refractivity contribution >= 4 is 49.9 Å². The molecule has 0 saturated carbocycles. The Balaban J connectivity index is 1.32. The van der Waals surface area contributed by atoms with E-state index in [2.05, 4.69) is 32.4 Å². The fourth-order valence-corrected chi connectivity index (χ4v) is 6.77. The van der Waals surface area contributed by atoms with Crippen molar-refractivity contribution in [1.82, 2.24) is 9.72 Å². The van der Waals surface area contributed by atoms with E-state index in [1.807, 2.05) is 18.2 Å². The quantitative estimate of drug-likeness (QED) is 0.159. The van der Waals surface area contributed by atoms with Crippen molar-refractivity contribution in [3.63, 3.8) is 0 Å². The number of sulfone groups is 1. The molecule has 9 nitrogen and oxygen atoms in total. The average molecular weight is 620 g/mol. The number of hydrogen-bond donors (Lipinski definition) is 3. The molecule has 0 radical (unpaired) electrons. The van der Waals surface area contributed by atoms with Crippen molar-refractivity contribution in [3.8, 4) is 17.6 Å². The number of ether oxygens (including phenoxy) is 1. The monoisotopic (exact) mass is 619 g/mol. The van der Waals surface area contributed by atoms with Crippen LogP contribution in [0.1, 0.15) is 18.5 Å². The summed E-state index contributed by atoms with van der Waals surface area (Å²) in [5.74, 6) is 7.15. The summed E-state index contributed by atoms with van der Waals surface area (Å²) in [6, 6.07) is 13.9. The summed E-state index contributed by atoms with van der Waals surface area (Å²) in [5, 5.41) is 10.9. The third-order valence-corrected chi connectivity index (χ3v) is 9.18. The number of benzene rings is 2. The number of methoxy groups -OCH3 is 1. The van der Waals surface area contributed by atoms with Gasteiger partial charge in [0.25, 0.3) is 0 Å². The number of nitrogens with one attached hydrogen (secondary N) is 3.